The molecular formula is C22H28N2O6. The van der Waals surface area contributed by atoms with E-state index in [1.54, 1.807) is 50.6 Å². The van der Waals surface area contributed by atoms with E-state index in [2.05, 4.69) is 10.6 Å². The Hall–Kier alpha value is -3.42. The second-order valence-electron chi connectivity index (χ2n) is 6.35. The fourth-order valence-corrected chi connectivity index (χ4v) is 2.82. The molecule has 2 aromatic carbocycles. The highest BCUT2D eigenvalue weighted by molar-refractivity contribution is 5.97. The summed E-state index contributed by atoms with van der Waals surface area (Å²) in [5.41, 5.74) is 0.886. The van der Waals surface area contributed by atoms with Crippen LogP contribution in [0.5, 0.6) is 23.0 Å². The summed E-state index contributed by atoms with van der Waals surface area (Å²) in [4.78, 5) is 24.7. The summed E-state index contributed by atoms with van der Waals surface area (Å²) in [5.74, 6) is 1.70. The number of methoxy groups -OCH3 is 4. The minimum atomic E-state index is -0.221. The maximum Gasteiger partial charge on any atom is 0.255 e. The van der Waals surface area contributed by atoms with Gasteiger partial charge in [-0.1, -0.05) is 0 Å². The number of carbonyl (C=O) groups is 2. The Balaban J connectivity index is 1.76. The molecule has 0 aliphatic heterocycles. The highest BCUT2D eigenvalue weighted by Gasteiger charge is 2.14. The Bertz CT molecular complexity index is 797. The van der Waals surface area contributed by atoms with E-state index in [4.69, 9.17) is 18.9 Å². The van der Waals surface area contributed by atoms with Crippen molar-refractivity contribution in [2.45, 2.75) is 12.8 Å². The lowest BCUT2D eigenvalue weighted by Gasteiger charge is -2.12. The second kappa shape index (κ2) is 11.5. The summed E-state index contributed by atoms with van der Waals surface area (Å²) in [7, 11) is 6.12. The molecule has 8 heteroatoms. The van der Waals surface area contributed by atoms with Crippen molar-refractivity contribution in [3.05, 3.63) is 47.5 Å². The van der Waals surface area contributed by atoms with Crippen molar-refractivity contribution in [3.63, 3.8) is 0 Å². The van der Waals surface area contributed by atoms with Gasteiger partial charge in [-0.3, -0.25) is 9.59 Å². The summed E-state index contributed by atoms with van der Waals surface area (Å²) in [5, 5.41) is 5.71. The van der Waals surface area contributed by atoms with Crippen molar-refractivity contribution in [2.24, 2.45) is 0 Å². The largest absolute Gasteiger partial charge is 0.497 e. The van der Waals surface area contributed by atoms with Crippen LogP contribution in [0.2, 0.25) is 0 Å². The standard InChI is InChI=1S/C22H28N2O6/c1-27-15-7-9-17(19(13-15)29-3)21(25)23-11-5-6-12-24-22(26)18-10-8-16(28-2)14-20(18)30-4/h7-10,13-14H,5-6,11-12H2,1-4H3,(H,23,25)(H,24,26). The third-order valence-electron chi connectivity index (χ3n) is 4.48. The summed E-state index contributed by atoms with van der Waals surface area (Å²) < 4.78 is 20.8. The number of benzene rings is 2. The molecule has 0 aliphatic rings. The number of nitrogens with one attached hydrogen (secondary N) is 2. The summed E-state index contributed by atoms with van der Waals surface area (Å²) in [6, 6.07) is 10.1. The van der Waals surface area contributed by atoms with Gasteiger partial charge in [-0.15, -0.1) is 0 Å². The number of carbonyl (C=O) groups excluding carboxylic acids is 2. The van der Waals surface area contributed by atoms with Crippen molar-refractivity contribution < 1.29 is 28.5 Å². The first-order valence-corrected chi connectivity index (χ1v) is 9.54. The number of ether oxygens (including phenoxy) is 4. The molecule has 0 aliphatic carbocycles. The Morgan fingerprint density at radius 3 is 1.40 bits per heavy atom. The average Bonchev–Trinajstić information content (AvgIpc) is 2.79. The van der Waals surface area contributed by atoms with Crippen molar-refractivity contribution in [2.75, 3.05) is 41.5 Å². The van der Waals surface area contributed by atoms with Gasteiger partial charge in [0.2, 0.25) is 0 Å². The summed E-state index contributed by atoms with van der Waals surface area (Å²) >= 11 is 0. The summed E-state index contributed by atoms with van der Waals surface area (Å²) in [6.45, 7) is 0.964. The van der Waals surface area contributed by atoms with E-state index < -0.39 is 0 Å². The number of amides is 2. The van der Waals surface area contributed by atoms with E-state index in [0.717, 1.165) is 0 Å². The van der Waals surface area contributed by atoms with Crippen molar-refractivity contribution in [1.29, 1.82) is 0 Å². The SMILES string of the molecule is COc1ccc(C(=O)NCCCCNC(=O)c2ccc(OC)cc2OC)c(OC)c1. The Morgan fingerprint density at radius 1 is 0.667 bits per heavy atom. The molecule has 0 fully saturated rings. The van der Waals surface area contributed by atoms with Gasteiger partial charge >= 0.3 is 0 Å². The predicted octanol–water partition coefficient (Wildman–Crippen LogP) is 2.66. The van der Waals surface area contributed by atoms with Gasteiger partial charge in [0.15, 0.2) is 0 Å². The van der Waals surface area contributed by atoms with Gasteiger partial charge in [0.05, 0.1) is 39.6 Å². The molecule has 0 spiro atoms. The van der Waals surface area contributed by atoms with Crippen molar-refractivity contribution in [1.82, 2.24) is 10.6 Å². The fraction of sp³-hybridized carbons (Fsp3) is 0.364. The van der Waals surface area contributed by atoms with Crippen LogP contribution < -0.4 is 29.6 Å². The number of rotatable bonds is 11. The van der Waals surface area contributed by atoms with Crippen LogP contribution in [-0.4, -0.2) is 53.3 Å². The molecule has 2 amide bonds. The van der Waals surface area contributed by atoms with E-state index in [-0.39, 0.29) is 11.8 Å². The third-order valence-corrected chi connectivity index (χ3v) is 4.48. The second-order valence-corrected chi connectivity index (χ2v) is 6.35. The van der Waals surface area contributed by atoms with Crippen LogP contribution in [0.3, 0.4) is 0 Å². The highest BCUT2D eigenvalue weighted by Crippen LogP contribution is 2.25. The first-order valence-electron chi connectivity index (χ1n) is 9.54. The predicted molar refractivity (Wildman–Crippen MR) is 113 cm³/mol. The van der Waals surface area contributed by atoms with Gasteiger partial charge in [0.1, 0.15) is 23.0 Å². The smallest absolute Gasteiger partial charge is 0.255 e. The molecule has 8 nitrogen and oxygen atoms in total. The molecule has 0 aromatic heterocycles. The molecule has 162 valence electrons. The van der Waals surface area contributed by atoms with Gasteiger partial charge in [-0.05, 0) is 37.1 Å². The van der Waals surface area contributed by atoms with Crippen molar-refractivity contribution in [3.8, 4) is 23.0 Å². The molecule has 2 rings (SSSR count). The van der Waals surface area contributed by atoms with Crippen LogP contribution in [0, 0.1) is 0 Å². The molecular weight excluding hydrogens is 388 g/mol. The highest BCUT2D eigenvalue weighted by atomic mass is 16.5. The quantitative estimate of drug-likeness (QED) is 0.547. The lowest BCUT2D eigenvalue weighted by molar-refractivity contribution is 0.0936. The molecule has 0 radical (unpaired) electrons. The number of unbranched alkanes of at least 4 members (excludes halogenated alkanes) is 1. The molecule has 30 heavy (non-hydrogen) atoms. The van der Waals surface area contributed by atoms with E-state index in [1.165, 1.54) is 14.2 Å². The van der Waals surface area contributed by atoms with Crippen LogP contribution in [0.15, 0.2) is 36.4 Å². The molecule has 0 unspecified atom stereocenters. The van der Waals surface area contributed by atoms with Crippen LogP contribution in [0.4, 0.5) is 0 Å². The van der Waals surface area contributed by atoms with Crippen LogP contribution in [-0.2, 0) is 0 Å². The Kier molecular flexibility index (Phi) is 8.80. The molecule has 0 heterocycles. The van der Waals surface area contributed by atoms with Crippen LogP contribution >= 0.6 is 0 Å². The summed E-state index contributed by atoms with van der Waals surface area (Å²) in [6.07, 6.45) is 1.43. The topological polar surface area (TPSA) is 95.1 Å². The molecule has 0 bridgehead atoms. The fourth-order valence-electron chi connectivity index (χ4n) is 2.82. The average molecular weight is 416 g/mol. The molecule has 2 N–H and O–H groups in total. The monoisotopic (exact) mass is 416 g/mol. The molecule has 0 saturated carbocycles. The number of hydrogen-bond acceptors (Lipinski definition) is 6. The molecule has 0 atom stereocenters. The molecule has 2 aromatic rings. The Labute approximate surface area is 176 Å². The van der Waals surface area contributed by atoms with Crippen molar-refractivity contribution >= 4 is 11.8 Å². The minimum Gasteiger partial charge on any atom is -0.497 e. The van der Waals surface area contributed by atoms with Gasteiger partial charge in [-0.25, -0.2) is 0 Å². The van der Waals surface area contributed by atoms with E-state index in [9.17, 15) is 9.59 Å². The first-order chi connectivity index (χ1) is 14.5. The Morgan fingerprint density at radius 2 is 1.07 bits per heavy atom. The normalized spacial score (nSPS) is 10.1. The lowest BCUT2D eigenvalue weighted by Crippen LogP contribution is -2.27. The van der Waals surface area contributed by atoms with Gasteiger partial charge in [-0.2, -0.15) is 0 Å². The van der Waals surface area contributed by atoms with E-state index in [1.807, 2.05) is 0 Å². The zero-order chi connectivity index (χ0) is 21.9. The van der Waals surface area contributed by atoms with Gasteiger partial charge in [0.25, 0.3) is 11.8 Å². The van der Waals surface area contributed by atoms with Crippen LogP contribution in [0.1, 0.15) is 33.6 Å². The van der Waals surface area contributed by atoms with Gasteiger partial charge < -0.3 is 29.6 Å². The van der Waals surface area contributed by atoms with Gasteiger partial charge in [0, 0.05) is 25.2 Å². The maximum absolute atomic E-state index is 12.3. The van der Waals surface area contributed by atoms with E-state index in [0.29, 0.717) is 60.1 Å². The first kappa shape index (κ1) is 22.9. The van der Waals surface area contributed by atoms with E-state index >= 15 is 0 Å². The number of hydrogen-bond donors (Lipinski definition) is 2. The van der Waals surface area contributed by atoms with Crippen LogP contribution in [0.25, 0.3) is 0 Å². The minimum absolute atomic E-state index is 0.221. The zero-order valence-corrected chi connectivity index (χ0v) is 17.7. The lowest BCUT2D eigenvalue weighted by atomic mass is 10.1. The maximum atomic E-state index is 12.3. The molecule has 0 saturated heterocycles. The third kappa shape index (κ3) is 6.04. The zero-order valence-electron chi connectivity index (χ0n) is 17.7.